The molecule has 112 valence electrons. The molecule has 1 atom stereocenters. The van der Waals surface area contributed by atoms with Gasteiger partial charge in [0.2, 0.25) is 5.91 Å². The van der Waals surface area contributed by atoms with Gasteiger partial charge >= 0.3 is 5.97 Å². The first-order valence-electron chi connectivity index (χ1n) is 6.76. The minimum atomic E-state index is -0.895. The van der Waals surface area contributed by atoms with E-state index >= 15 is 0 Å². The lowest BCUT2D eigenvalue weighted by Gasteiger charge is -2.17. The molecule has 0 aliphatic rings. The zero-order chi connectivity index (χ0) is 15.4. The average Bonchev–Trinajstić information content (AvgIpc) is 2.56. The van der Waals surface area contributed by atoms with Crippen LogP contribution in [0.5, 0.6) is 0 Å². The van der Waals surface area contributed by atoms with Crippen LogP contribution in [0.2, 0.25) is 0 Å². The van der Waals surface area contributed by atoms with Crippen LogP contribution in [-0.2, 0) is 22.6 Å². The Morgan fingerprint density at radius 2 is 1.90 bits per heavy atom. The van der Waals surface area contributed by atoms with Crippen LogP contribution in [0.25, 0.3) is 0 Å². The molecule has 1 amide bonds. The van der Waals surface area contributed by atoms with Gasteiger partial charge in [-0.2, -0.15) is 5.10 Å². The van der Waals surface area contributed by atoms with Crippen LogP contribution >= 0.6 is 0 Å². The molecule has 6 nitrogen and oxygen atoms in total. The van der Waals surface area contributed by atoms with E-state index in [9.17, 15) is 9.59 Å². The molecule has 0 spiro atoms. The van der Waals surface area contributed by atoms with Crippen molar-refractivity contribution in [3.8, 4) is 0 Å². The summed E-state index contributed by atoms with van der Waals surface area (Å²) in [5, 5.41) is 16.0. The largest absolute Gasteiger partial charge is 0.481 e. The third kappa shape index (κ3) is 4.08. The Balaban J connectivity index is 2.78. The van der Waals surface area contributed by atoms with Gasteiger partial charge in [0, 0.05) is 17.3 Å². The molecule has 1 unspecified atom stereocenters. The van der Waals surface area contributed by atoms with E-state index in [4.69, 9.17) is 5.11 Å². The van der Waals surface area contributed by atoms with E-state index in [0.29, 0.717) is 17.2 Å². The number of amides is 1. The molecule has 1 aromatic heterocycles. The normalized spacial score (nSPS) is 12.5. The summed E-state index contributed by atoms with van der Waals surface area (Å²) in [6, 6.07) is 0.0953. The summed E-state index contributed by atoms with van der Waals surface area (Å²) in [6.45, 7) is 9.70. The van der Waals surface area contributed by atoms with Gasteiger partial charge in [0.25, 0.3) is 0 Å². The molecule has 0 aliphatic heterocycles. The minimum Gasteiger partial charge on any atom is -0.481 e. The highest BCUT2D eigenvalue weighted by molar-refractivity contribution is 5.76. The molecule has 6 heteroatoms. The van der Waals surface area contributed by atoms with Crippen molar-refractivity contribution in [1.29, 1.82) is 0 Å². The van der Waals surface area contributed by atoms with Crippen molar-refractivity contribution in [2.24, 2.45) is 5.92 Å². The number of nitrogens with one attached hydrogen (secondary N) is 1. The smallest absolute Gasteiger partial charge is 0.307 e. The minimum absolute atomic E-state index is 0.0678. The molecule has 1 aromatic rings. The third-order valence-corrected chi connectivity index (χ3v) is 3.54. The first-order chi connectivity index (χ1) is 9.22. The molecule has 0 fully saturated rings. The number of rotatable bonds is 6. The number of carbonyl (C=O) groups excluding carboxylic acids is 1. The van der Waals surface area contributed by atoms with Crippen LogP contribution in [0.4, 0.5) is 0 Å². The lowest BCUT2D eigenvalue weighted by atomic mass is 10.1. The predicted octanol–water partition coefficient (Wildman–Crippen LogP) is 1.29. The van der Waals surface area contributed by atoms with Crippen molar-refractivity contribution in [3.63, 3.8) is 0 Å². The monoisotopic (exact) mass is 281 g/mol. The van der Waals surface area contributed by atoms with Gasteiger partial charge in [-0.15, -0.1) is 0 Å². The highest BCUT2D eigenvalue weighted by atomic mass is 16.4. The zero-order valence-electron chi connectivity index (χ0n) is 12.7. The molecule has 0 radical (unpaired) electrons. The van der Waals surface area contributed by atoms with E-state index in [2.05, 4.69) is 10.4 Å². The van der Waals surface area contributed by atoms with Crippen molar-refractivity contribution in [2.45, 2.75) is 53.6 Å². The second-order valence-electron chi connectivity index (χ2n) is 5.48. The molecule has 0 saturated heterocycles. The van der Waals surface area contributed by atoms with Crippen molar-refractivity contribution in [3.05, 3.63) is 17.0 Å². The predicted molar refractivity (Wildman–Crippen MR) is 75.5 cm³/mol. The van der Waals surface area contributed by atoms with Crippen LogP contribution in [-0.4, -0.2) is 32.8 Å². The maximum atomic E-state index is 11.9. The van der Waals surface area contributed by atoms with Gasteiger partial charge in [0.15, 0.2) is 0 Å². The third-order valence-electron chi connectivity index (χ3n) is 3.54. The molecule has 0 aliphatic carbocycles. The first kappa shape index (κ1) is 16.2. The molecular weight excluding hydrogens is 258 g/mol. The molecule has 0 aromatic carbocycles. The maximum Gasteiger partial charge on any atom is 0.307 e. The van der Waals surface area contributed by atoms with Crippen LogP contribution < -0.4 is 5.32 Å². The molecule has 1 heterocycles. The summed E-state index contributed by atoms with van der Waals surface area (Å²) in [7, 11) is 0. The van der Waals surface area contributed by atoms with Gasteiger partial charge in [0.05, 0.1) is 12.1 Å². The zero-order valence-corrected chi connectivity index (χ0v) is 12.7. The molecule has 0 bridgehead atoms. The Hall–Kier alpha value is -1.85. The molecule has 0 saturated carbocycles. The summed E-state index contributed by atoms with van der Waals surface area (Å²) < 4.78 is 1.57. The summed E-state index contributed by atoms with van der Waals surface area (Å²) in [6.07, 6.45) is -0.0678. The van der Waals surface area contributed by atoms with Crippen molar-refractivity contribution in [1.82, 2.24) is 15.1 Å². The molecule has 2 N–H and O–H groups in total. The number of nitrogens with zero attached hydrogens (tertiary/aromatic N) is 2. The van der Waals surface area contributed by atoms with E-state index in [1.54, 1.807) is 18.5 Å². The Labute approximate surface area is 119 Å². The summed E-state index contributed by atoms with van der Waals surface area (Å²) in [5.74, 6) is -0.644. The Bertz CT molecular complexity index is 506. The van der Waals surface area contributed by atoms with E-state index in [-0.39, 0.29) is 24.9 Å². The number of carboxylic acids is 1. The van der Waals surface area contributed by atoms with Gasteiger partial charge < -0.3 is 10.4 Å². The van der Waals surface area contributed by atoms with Gasteiger partial charge in [-0.1, -0.05) is 13.8 Å². The van der Waals surface area contributed by atoms with Crippen molar-refractivity contribution in [2.75, 3.05) is 0 Å². The lowest BCUT2D eigenvalue weighted by Crippen LogP contribution is -2.38. The van der Waals surface area contributed by atoms with E-state index in [1.165, 1.54) is 0 Å². The summed E-state index contributed by atoms with van der Waals surface area (Å²) >= 11 is 0. The van der Waals surface area contributed by atoms with E-state index < -0.39 is 5.97 Å². The fraction of sp³-hybridized carbons (Fsp3) is 0.643. The topological polar surface area (TPSA) is 84.2 Å². The van der Waals surface area contributed by atoms with Gasteiger partial charge in [-0.25, -0.2) is 0 Å². The molecular formula is C14H23N3O3. The quantitative estimate of drug-likeness (QED) is 0.823. The Morgan fingerprint density at radius 1 is 1.30 bits per heavy atom. The van der Waals surface area contributed by atoms with Crippen molar-refractivity contribution >= 4 is 11.9 Å². The summed E-state index contributed by atoms with van der Waals surface area (Å²) in [5.41, 5.74) is 2.08. The fourth-order valence-electron chi connectivity index (χ4n) is 1.90. The Kier molecular flexibility index (Phi) is 5.30. The van der Waals surface area contributed by atoms with E-state index in [1.807, 2.05) is 20.8 Å². The Morgan fingerprint density at radius 3 is 2.40 bits per heavy atom. The van der Waals surface area contributed by atoms with Crippen LogP contribution in [0.15, 0.2) is 0 Å². The van der Waals surface area contributed by atoms with Crippen LogP contribution in [0, 0.1) is 19.8 Å². The highest BCUT2D eigenvalue weighted by Gasteiger charge is 2.17. The summed E-state index contributed by atoms with van der Waals surface area (Å²) in [4.78, 5) is 22.7. The number of carbonyl (C=O) groups is 2. The van der Waals surface area contributed by atoms with Crippen molar-refractivity contribution < 1.29 is 14.7 Å². The SMILES string of the molecule is Cc1nn(CC(=O)NC(C)C(C)C)c(C)c1CC(=O)O. The van der Waals surface area contributed by atoms with E-state index in [0.717, 1.165) is 5.69 Å². The molecule has 20 heavy (non-hydrogen) atoms. The second kappa shape index (κ2) is 6.54. The van der Waals surface area contributed by atoms with Gasteiger partial charge in [0.1, 0.15) is 6.54 Å². The fourth-order valence-corrected chi connectivity index (χ4v) is 1.90. The number of aromatic nitrogens is 2. The number of carboxylic acid groups (broad SMARTS) is 1. The highest BCUT2D eigenvalue weighted by Crippen LogP contribution is 2.13. The van der Waals surface area contributed by atoms with Crippen LogP contribution in [0.1, 0.15) is 37.7 Å². The number of hydrogen-bond acceptors (Lipinski definition) is 3. The standard InChI is InChI=1S/C14H23N3O3/c1-8(2)9(3)15-13(18)7-17-11(5)12(6-14(19)20)10(4)16-17/h8-9H,6-7H2,1-5H3,(H,15,18)(H,19,20). The number of aryl methyl sites for hydroxylation is 1. The molecule has 1 rings (SSSR count). The average molecular weight is 281 g/mol. The van der Waals surface area contributed by atoms with Crippen LogP contribution in [0.3, 0.4) is 0 Å². The second-order valence-corrected chi connectivity index (χ2v) is 5.48. The first-order valence-corrected chi connectivity index (χ1v) is 6.76. The lowest BCUT2D eigenvalue weighted by molar-refractivity contribution is -0.136. The van der Waals surface area contributed by atoms with Gasteiger partial charge in [-0.3, -0.25) is 14.3 Å². The van der Waals surface area contributed by atoms with Gasteiger partial charge in [-0.05, 0) is 26.7 Å². The maximum absolute atomic E-state index is 11.9. The number of aliphatic carboxylic acids is 1. The number of hydrogen-bond donors (Lipinski definition) is 2.